The van der Waals surface area contributed by atoms with Gasteiger partial charge in [0.05, 0.1) is 18.6 Å². The molecule has 7 nitrogen and oxygen atoms in total. The van der Waals surface area contributed by atoms with Gasteiger partial charge in [0.2, 0.25) is 10.0 Å². The molecule has 0 atom stereocenters. The lowest BCUT2D eigenvalue weighted by atomic mass is 10.2. The lowest BCUT2D eigenvalue weighted by Gasteiger charge is -2.11. The molecule has 0 bridgehead atoms. The number of aliphatic imine (C=N–C) groups is 1. The van der Waals surface area contributed by atoms with E-state index < -0.39 is 10.0 Å². The van der Waals surface area contributed by atoms with Gasteiger partial charge in [-0.3, -0.25) is 4.99 Å². The zero-order chi connectivity index (χ0) is 17.3. The molecule has 3 N–H and O–H groups in total. The number of nitrogens with zero attached hydrogens (tertiary/aromatic N) is 1. The Bertz CT molecular complexity index is 734. The maximum Gasteiger partial charge on any atom is 0.213 e. The van der Waals surface area contributed by atoms with Crippen molar-refractivity contribution in [2.75, 3.05) is 19.3 Å². The van der Waals surface area contributed by atoms with E-state index in [1.54, 1.807) is 19.4 Å². The molecule has 0 spiro atoms. The molecule has 1 aromatic heterocycles. The maximum atomic E-state index is 12.0. The van der Waals surface area contributed by atoms with Crippen molar-refractivity contribution in [3.05, 3.63) is 60.1 Å². The average Bonchev–Trinajstić information content (AvgIpc) is 3.10. The van der Waals surface area contributed by atoms with E-state index in [2.05, 4.69) is 20.3 Å². The largest absolute Gasteiger partial charge is 0.467 e. The SMILES string of the molecule is CN=C(NCCS(=O)(=O)NCc1ccccc1)NCc1ccco1.I. The molecule has 0 aliphatic carbocycles. The summed E-state index contributed by atoms with van der Waals surface area (Å²) < 4.78 is 31.8. The third-order valence-electron chi connectivity index (χ3n) is 3.24. The van der Waals surface area contributed by atoms with Gasteiger partial charge in [-0.2, -0.15) is 0 Å². The van der Waals surface area contributed by atoms with Crippen LogP contribution in [-0.2, 0) is 23.1 Å². The third-order valence-corrected chi connectivity index (χ3v) is 4.56. The standard InChI is InChI=1S/C16H22N4O3S.HI/c1-17-16(19-13-15-8-5-10-23-15)18-9-11-24(21,22)20-12-14-6-3-2-4-7-14;/h2-8,10,20H,9,11-13H2,1H3,(H2,17,18,19);1H. The lowest BCUT2D eigenvalue weighted by molar-refractivity contribution is 0.501. The van der Waals surface area contributed by atoms with E-state index in [1.807, 2.05) is 36.4 Å². The van der Waals surface area contributed by atoms with Crippen LogP contribution in [0, 0.1) is 0 Å². The van der Waals surface area contributed by atoms with Crippen LogP contribution >= 0.6 is 24.0 Å². The Kier molecular flexibility index (Phi) is 9.53. The number of nitrogens with one attached hydrogen (secondary N) is 3. The normalized spacial score (nSPS) is 11.6. The Labute approximate surface area is 165 Å². The second-order valence-corrected chi connectivity index (χ2v) is 6.98. The number of hydrogen-bond acceptors (Lipinski definition) is 4. The molecule has 0 unspecified atom stereocenters. The molecule has 0 aliphatic heterocycles. The molecule has 0 saturated carbocycles. The topological polar surface area (TPSA) is 95.7 Å². The molecule has 25 heavy (non-hydrogen) atoms. The first-order chi connectivity index (χ1) is 11.6. The predicted octanol–water partition coefficient (Wildman–Crippen LogP) is 1.68. The molecule has 9 heteroatoms. The Morgan fingerprint density at radius 2 is 1.84 bits per heavy atom. The Morgan fingerprint density at radius 1 is 1.08 bits per heavy atom. The molecular weight excluding hydrogens is 455 g/mol. The molecule has 2 rings (SSSR count). The first kappa shape index (κ1) is 21.5. The van der Waals surface area contributed by atoms with Crippen molar-refractivity contribution in [1.82, 2.24) is 15.4 Å². The fourth-order valence-electron chi connectivity index (χ4n) is 1.97. The number of hydrogen-bond donors (Lipinski definition) is 3. The highest BCUT2D eigenvalue weighted by Gasteiger charge is 2.10. The molecule has 1 aromatic carbocycles. The predicted molar refractivity (Wildman–Crippen MR) is 109 cm³/mol. The average molecular weight is 478 g/mol. The summed E-state index contributed by atoms with van der Waals surface area (Å²) in [6, 6.07) is 13.0. The minimum atomic E-state index is -3.36. The molecule has 1 heterocycles. The molecule has 0 saturated heterocycles. The van der Waals surface area contributed by atoms with Gasteiger partial charge in [0, 0.05) is 20.1 Å². The van der Waals surface area contributed by atoms with Crippen molar-refractivity contribution in [1.29, 1.82) is 0 Å². The zero-order valence-electron chi connectivity index (χ0n) is 13.9. The van der Waals surface area contributed by atoms with Crippen LogP contribution in [0.15, 0.2) is 58.1 Å². The highest BCUT2D eigenvalue weighted by atomic mass is 127. The minimum Gasteiger partial charge on any atom is -0.467 e. The number of furan rings is 1. The number of benzene rings is 1. The van der Waals surface area contributed by atoms with Gasteiger partial charge in [0.25, 0.3) is 0 Å². The van der Waals surface area contributed by atoms with Gasteiger partial charge in [0.1, 0.15) is 5.76 Å². The summed E-state index contributed by atoms with van der Waals surface area (Å²) in [5.41, 5.74) is 0.921. The van der Waals surface area contributed by atoms with Crippen molar-refractivity contribution in [3.8, 4) is 0 Å². The quantitative estimate of drug-likeness (QED) is 0.305. The van der Waals surface area contributed by atoms with Crippen molar-refractivity contribution in [3.63, 3.8) is 0 Å². The summed E-state index contributed by atoms with van der Waals surface area (Å²) in [6.07, 6.45) is 1.60. The fraction of sp³-hybridized carbons (Fsp3) is 0.312. The summed E-state index contributed by atoms with van der Waals surface area (Å²) >= 11 is 0. The number of guanidine groups is 1. The van der Waals surface area contributed by atoms with Gasteiger partial charge in [-0.1, -0.05) is 30.3 Å². The second kappa shape index (κ2) is 11.1. The van der Waals surface area contributed by atoms with E-state index in [1.165, 1.54) is 0 Å². The van der Waals surface area contributed by atoms with Crippen LogP contribution < -0.4 is 15.4 Å². The van der Waals surface area contributed by atoms with Crippen molar-refractivity contribution >= 4 is 40.0 Å². The third kappa shape index (κ3) is 8.36. The van der Waals surface area contributed by atoms with E-state index in [4.69, 9.17) is 4.42 Å². The lowest BCUT2D eigenvalue weighted by Crippen LogP contribution is -2.40. The van der Waals surface area contributed by atoms with E-state index in [-0.39, 0.29) is 42.8 Å². The summed E-state index contributed by atoms with van der Waals surface area (Å²) in [5, 5.41) is 6.01. The highest BCUT2D eigenvalue weighted by molar-refractivity contribution is 14.0. The fourth-order valence-corrected chi connectivity index (χ4v) is 2.87. The summed E-state index contributed by atoms with van der Waals surface area (Å²) in [7, 11) is -1.73. The smallest absolute Gasteiger partial charge is 0.213 e. The van der Waals surface area contributed by atoms with Crippen LogP contribution in [0.1, 0.15) is 11.3 Å². The van der Waals surface area contributed by atoms with Crippen molar-refractivity contribution in [2.45, 2.75) is 13.1 Å². The van der Waals surface area contributed by atoms with Gasteiger partial charge in [-0.25, -0.2) is 13.1 Å². The van der Waals surface area contributed by atoms with Crippen molar-refractivity contribution in [2.24, 2.45) is 4.99 Å². The van der Waals surface area contributed by atoms with Gasteiger partial charge in [-0.15, -0.1) is 24.0 Å². The molecule has 2 aromatic rings. The Hall–Kier alpha value is -1.59. The van der Waals surface area contributed by atoms with Crippen molar-refractivity contribution < 1.29 is 12.8 Å². The summed E-state index contributed by atoms with van der Waals surface area (Å²) in [6.45, 7) is 1.02. The Morgan fingerprint density at radius 3 is 2.48 bits per heavy atom. The zero-order valence-corrected chi connectivity index (χ0v) is 17.1. The van der Waals surface area contributed by atoms with E-state index in [0.717, 1.165) is 11.3 Å². The van der Waals surface area contributed by atoms with E-state index in [0.29, 0.717) is 12.5 Å². The van der Waals surface area contributed by atoms with E-state index in [9.17, 15) is 8.42 Å². The van der Waals surface area contributed by atoms with Gasteiger partial charge in [0.15, 0.2) is 5.96 Å². The number of halogens is 1. The molecule has 138 valence electrons. The van der Waals surface area contributed by atoms with Crippen LogP contribution in [0.4, 0.5) is 0 Å². The molecular formula is C16H23IN4O3S. The number of sulfonamides is 1. The van der Waals surface area contributed by atoms with Crippen LogP contribution in [0.2, 0.25) is 0 Å². The number of rotatable bonds is 8. The summed E-state index contributed by atoms with van der Waals surface area (Å²) in [5.74, 6) is 1.25. The Balaban J connectivity index is 0.00000312. The second-order valence-electron chi connectivity index (χ2n) is 5.06. The molecule has 0 aliphatic rings. The maximum absolute atomic E-state index is 12.0. The van der Waals surface area contributed by atoms with Crippen LogP contribution in [0.5, 0.6) is 0 Å². The molecule has 0 fully saturated rings. The van der Waals surface area contributed by atoms with Gasteiger partial charge >= 0.3 is 0 Å². The molecule has 0 radical (unpaired) electrons. The first-order valence-electron chi connectivity index (χ1n) is 7.57. The minimum absolute atomic E-state index is 0. The van der Waals surface area contributed by atoms with E-state index >= 15 is 0 Å². The first-order valence-corrected chi connectivity index (χ1v) is 9.22. The van der Waals surface area contributed by atoms with Crippen LogP contribution in [0.25, 0.3) is 0 Å². The molecule has 0 amide bonds. The van der Waals surface area contributed by atoms with Gasteiger partial charge in [-0.05, 0) is 17.7 Å². The highest BCUT2D eigenvalue weighted by Crippen LogP contribution is 1.99. The van der Waals surface area contributed by atoms with Crippen LogP contribution in [-0.4, -0.2) is 33.7 Å². The van der Waals surface area contributed by atoms with Crippen LogP contribution in [0.3, 0.4) is 0 Å². The summed E-state index contributed by atoms with van der Waals surface area (Å²) in [4.78, 5) is 4.04. The monoisotopic (exact) mass is 478 g/mol. The van der Waals surface area contributed by atoms with Gasteiger partial charge < -0.3 is 15.1 Å².